The zero-order valence-electron chi connectivity index (χ0n) is 15.7. The maximum atomic E-state index is 12.2. The lowest BCUT2D eigenvalue weighted by Gasteiger charge is -2.21. The first-order chi connectivity index (χ1) is 13.6. The summed E-state index contributed by atoms with van der Waals surface area (Å²) in [5.41, 5.74) is 0.947. The predicted molar refractivity (Wildman–Crippen MR) is 113 cm³/mol. The molecule has 1 fully saturated rings. The van der Waals surface area contributed by atoms with Crippen molar-refractivity contribution in [1.29, 1.82) is 0 Å². The summed E-state index contributed by atoms with van der Waals surface area (Å²) in [5.74, 6) is 0.699. The number of halogens is 1. The van der Waals surface area contributed by atoms with Crippen molar-refractivity contribution in [2.45, 2.75) is 25.3 Å². The third-order valence-corrected chi connectivity index (χ3v) is 5.75. The van der Waals surface area contributed by atoms with Crippen molar-refractivity contribution in [2.75, 3.05) is 31.6 Å². The molecule has 1 saturated heterocycles. The van der Waals surface area contributed by atoms with Crippen LogP contribution in [0.25, 0.3) is 0 Å². The quantitative estimate of drug-likeness (QED) is 0.641. The van der Waals surface area contributed by atoms with Gasteiger partial charge in [-0.05, 0) is 42.5 Å². The first-order valence-corrected chi connectivity index (χ1v) is 10.5. The lowest BCUT2D eigenvalue weighted by atomic mass is 10.2. The van der Waals surface area contributed by atoms with Gasteiger partial charge < -0.3 is 20.3 Å². The molecule has 2 N–H and O–H groups in total. The molecule has 0 saturated carbocycles. The van der Waals surface area contributed by atoms with E-state index in [2.05, 4.69) is 15.5 Å². The molecule has 1 atom stereocenters. The van der Waals surface area contributed by atoms with E-state index in [0.29, 0.717) is 29.3 Å². The van der Waals surface area contributed by atoms with Crippen LogP contribution in [0.4, 0.5) is 5.69 Å². The maximum absolute atomic E-state index is 12.2. The van der Waals surface area contributed by atoms with Crippen molar-refractivity contribution >= 4 is 40.4 Å². The fourth-order valence-electron chi connectivity index (χ4n) is 3.25. The van der Waals surface area contributed by atoms with Gasteiger partial charge in [0.05, 0.1) is 17.7 Å². The van der Waals surface area contributed by atoms with Gasteiger partial charge in [-0.25, -0.2) is 0 Å². The lowest BCUT2D eigenvalue weighted by Crippen LogP contribution is -2.37. The van der Waals surface area contributed by atoms with Gasteiger partial charge in [-0.1, -0.05) is 17.7 Å². The molecule has 1 aromatic heterocycles. The molecule has 150 valence electrons. The van der Waals surface area contributed by atoms with Gasteiger partial charge in [0.25, 0.3) is 5.91 Å². The summed E-state index contributed by atoms with van der Waals surface area (Å²) in [6.45, 7) is 2.04. The number of nitrogens with one attached hydrogen (secondary N) is 2. The van der Waals surface area contributed by atoms with E-state index in [1.807, 2.05) is 23.6 Å². The standard InChI is InChI=1S/C20H24ClN3O3S/c1-27-17-7-6-14(21)12-16(17)24-10-8-15(13-24)23-19(25)5-2-9-22-20(26)18-4-3-11-28-18/h3-4,6-7,11-12,15H,2,5,8-10,13H2,1H3,(H,22,26)(H,23,25). The van der Waals surface area contributed by atoms with Gasteiger partial charge in [0.1, 0.15) is 5.75 Å². The van der Waals surface area contributed by atoms with Crippen molar-refractivity contribution in [3.63, 3.8) is 0 Å². The monoisotopic (exact) mass is 421 g/mol. The number of amides is 2. The van der Waals surface area contributed by atoms with Crippen LogP contribution in [0.3, 0.4) is 0 Å². The van der Waals surface area contributed by atoms with Crippen LogP contribution in [0.5, 0.6) is 5.75 Å². The number of ether oxygens (including phenoxy) is 1. The smallest absolute Gasteiger partial charge is 0.261 e. The van der Waals surface area contributed by atoms with Crippen LogP contribution in [0.15, 0.2) is 35.7 Å². The van der Waals surface area contributed by atoms with Crippen molar-refractivity contribution < 1.29 is 14.3 Å². The molecule has 3 rings (SSSR count). The van der Waals surface area contributed by atoms with Crippen LogP contribution in [-0.4, -0.2) is 44.6 Å². The van der Waals surface area contributed by atoms with Gasteiger partial charge in [0.2, 0.25) is 5.91 Å². The van der Waals surface area contributed by atoms with Crippen LogP contribution in [0.2, 0.25) is 5.02 Å². The number of hydrogen-bond donors (Lipinski definition) is 2. The van der Waals surface area contributed by atoms with E-state index in [-0.39, 0.29) is 17.9 Å². The molecule has 1 aliphatic heterocycles. The highest BCUT2D eigenvalue weighted by molar-refractivity contribution is 7.12. The number of methoxy groups -OCH3 is 1. The van der Waals surface area contributed by atoms with Crippen LogP contribution in [0.1, 0.15) is 28.9 Å². The normalized spacial score (nSPS) is 16.1. The van der Waals surface area contributed by atoms with Crippen LogP contribution in [-0.2, 0) is 4.79 Å². The summed E-state index contributed by atoms with van der Waals surface area (Å²) in [5, 5.41) is 8.45. The van der Waals surface area contributed by atoms with Crippen LogP contribution >= 0.6 is 22.9 Å². The second kappa shape index (κ2) is 9.80. The van der Waals surface area contributed by atoms with Gasteiger partial charge in [-0.15, -0.1) is 11.3 Å². The molecular formula is C20H24ClN3O3S. The molecule has 2 heterocycles. The summed E-state index contributed by atoms with van der Waals surface area (Å²) in [4.78, 5) is 26.9. The highest BCUT2D eigenvalue weighted by Gasteiger charge is 2.26. The fourth-order valence-corrected chi connectivity index (χ4v) is 4.06. The van der Waals surface area contributed by atoms with Gasteiger partial charge >= 0.3 is 0 Å². The predicted octanol–water partition coefficient (Wildman–Crippen LogP) is 3.32. The van der Waals surface area contributed by atoms with Gasteiger partial charge in [0, 0.05) is 37.1 Å². The minimum atomic E-state index is -0.0858. The summed E-state index contributed by atoms with van der Waals surface area (Å²) >= 11 is 7.52. The topological polar surface area (TPSA) is 70.7 Å². The number of carbonyl (C=O) groups is 2. The summed E-state index contributed by atoms with van der Waals surface area (Å²) in [6.07, 6.45) is 1.87. The highest BCUT2D eigenvalue weighted by Crippen LogP contribution is 2.33. The maximum Gasteiger partial charge on any atom is 0.261 e. The minimum absolute atomic E-state index is 0.00952. The molecule has 1 aliphatic rings. The average molecular weight is 422 g/mol. The van der Waals surface area contributed by atoms with Crippen molar-refractivity contribution in [1.82, 2.24) is 10.6 Å². The van der Waals surface area contributed by atoms with E-state index < -0.39 is 0 Å². The molecule has 28 heavy (non-hydrogen) atoms. The Morgan fingerprint density at radius 1 is 1.36 bits per heavy atom. The SMILES string of the molecule is COc1ccc(Cl)cc1N1CCC(NC(=O)CCCNC(=O)c2cccs2)C1. The average Bonchev–Trinajstić information content (AvgIpc) is 3.37. The third-order valence-electron chi connectivity index (χ3n) is 4.65. The Labute approximate surface area is 173 Å². The lowest BCUT2D eigenvalue weighted by molar-refractivity contribution is -0.121. The number of benzene rings is 1. The van der Waals surface area contributed by atoms with E-state index in [1.165, 1.54) is 11.3 Å². The molecule has 0 spiro atoms. The third kappa shape index (κ3) is 5.39. The molecular weight excluding hydrogens is 398 g/mol. The second-order valence-corrected chi connectivity index (χ2v) is 8.04. The zero-order valence-corrected chi connectivity index (χ0v) is 17.3. The second-order valence-electron chi connectivity index (χ2n) is 6.65. The molecule has 1 aromatic carbocycles. The van der Waals surface area contributed by atoms with Crippen LogP contribution < -0.4 is 20.3 Å². The molecule has 0 bridgehead atoms. The Morgan fingerprint density at radius 2 is 2.21 bits per heavy atom. The summed E-state index contributed by atoms with van der Waals surface area (Å²) in [6, 6.07) is 9.27. The Bertz CT molecular complexity index is 813. The molecule has 0 aliphatic carbocycles. The Hall–Kier alpha value is -2.25. The first-order valence-electron chi connectivity index (χ1n) is 9.26. The molecule has 2 amide bonds. The van der Waals surface area contributed by atoms with E-state index in [1.54, 1.807) is 19.2 Å². The number of carbonyl (C=O) groups excluding carboxylic acids is 2. The number of rotatable bonds is 8. The van der Waals surface area contributed by atoms with Crippen molar-refractivity contribution in [2.24, 2.45) is 0 Å². The summed E-state index contributed by atoms with van der Waals surface area (Å²) < 4.78 is 5.42. The molecule has 6 nitrogen and oxygen atoms in total. The number of anilines is 1. The van der Waals surface area contributed by atoms with Crippen molar-refractivity contribution in [3.05, 3.63) is 45.6 Å². The van der Waals surface area contributed by atoms with Gasteiger partial charge in [-0.3, -0.25) is 9.59 Å². The Morgan fingerprint density at radius 3 is 2.96 bits per heavy atom. The first kappa shape index (κ1) is 20.5. The summed E-state index contributed by atoms with van der Waals surface area (Å²) in [7, 11) is 1.64. The minimum Gasteiger partial charge on any atom is -0.495 e. The number of hydrogen-bond acceptors (Lipinski definition) is 5. The largest absolute Gasteiger partial charge is 0.495 e. The van der Waals surface area contributed by atoms with E-state index in [4.69, 9.17) is 16.3 Å². The van der Waals surface area contributed by atoms with E-state index in [9.17, 15) is 9.59 Å². The number of thiophene rings is 1. The molecule has 1 unspecified atom stereocenters. The van der Waals surface area contributed by atoms with E-state index in [0.717, 1.165) is 30.9 Å². The highest BCUT2D eigenvalue weighted by atomic mass is 35.5. The zero-order chi connectivity index (χ0) is 19.9. The Balaban J connectivity index is 1.40. The molecule has 0 radical (unpaired) electrons. The van der Waals surface area contributed by atoms with Gasteiger partial charge in [-0.2, -0.15) is 0 Å². The van der Waals surface area contributed by atoms with Crippen molar-refractivity contribution in [3.8, 4) is 5.75 Å². The van der Waals surface area contributed by atoms with E-state index >= 15 is 0 Å². The number of nitrogens with zero attached hydrogens (tertiary/aromatic N) is 1. The molecule has 2 aromatic rings. The molecule has 8 heteroatoms. The van der Waals surface area contributed by atoms with Gasteiger partial charge in [0.15, 0.2) is 0 Å². The van der Waals surface area contributed by atoms with Crippen LogP contribution in [0, 0.1) is 0 Å². The Kier molecular flexibility index (Phi) is 7.17. The fraction of sp³-hybridized carbons (Fsp3) is 0.400.